The van der Waals surface area contributed by atoms with Crippen molar-refractivity contribution in [2.24, 2.45) is 5.92 Å². The molecule has 0 bridgehead atoms. The van der Waals surface area contributed by atoms with Gasteiger partial charge in [0.2, 0.25) is 0 Å². The van der Waals surface area contributed by atoms with Gasteiger partial charge in [0.25, 0.3) is 0 Å². The fourth-order valence-electron chi connectivity index (χ4n) is 2.47. The van der Waals surface area contributed by atoms with Gasteiger partial charge in [-0.25, -0.2) is 4.79 Å². The van der Waals surface area contributed by atoms with Gasteiger partial charge < -0.3 is 15.3 Å². The van der Waals surface area contributed by atoms with E-state index in [1.807, 2.05) is 11.8 Å². The van der Waals surface area contributed by atoms with E-state index < -0.39 is 5.97 Å². The molecular weight excluding hydrogens is 246 g/mol. The topological polar surface area (TPSA) is 72.9 Å². The van der Waals surface area contributed by atoms with Gasteiger partial charge in [-0.1, -0.05) is 6.92 Å². The Morgan fingerprint density at radius 3 is 2.42 bits per heavy atom. The van der Waals surface area contributed by atoms with Crippen LogP contribution in [0.15, 0.2) is 0 Å². The van der Waals surface area contributed by atoms with Crippen molar-refractivity contribution in [1.29, 1.82) is 0 Å². The second kappa shape index (κ2) is 6.23. The minimum atomic E-state index is -0.820. The Hall–Kier alpha value is -1.30. The molecule has 108 valence electrons. The van der Waals surface area contributed by atoms with E-state index in [0.717, 1.165) is 32.2 Å². The molecule has 1 unspecified atom stereocenters. The van der Waals surface area contributed by atoms with Gasteiger partial charge in [-0.05, 0) is 18.8 Å². The molecule has 19 heavy (non-hydrogen) atoms. The Morgan fingerprint density at radius 1 is 1.26 bits per heavy atom. The monoisotopic (exact) mass is 269 g/mol. The van der Waals surface area contributed by atoms with E-state index in [-0.39, 0.29) is 18.4 Å². The van der Waals surface area contributed by atoms with Crippen LogP contribution in [0.1, 0.15) is 26.2 Å². The number of amides is 2. The second-order valence-electron chi connectivity index (χ2n) is 5.64. The van der Waals surface area contributed by atoms with Crippen LogP contribution in [0, 0.1) is 5.92 Å². The lowest BCUT2D eigenvalue weighted by Crippen LogP contribution is -2.52. The highest BCUT2D eigenvalue weighted by molar-refractivity contribution is 5.74. The van der Waals surface area contributed by atoms with Crippen molar-refractivity contribution in [2.75, 3.05) is 32.7 Å². The van der Waals surface area contributed by atoms with Gasteiger partial charge in [-0.15, -0.1) is 0 Å². The van der Waals surface area contributed by atoms with Gasteiger partial charge in [-0.2, -0.15) is 0 Å². The van der Waals surface area contributed by atoms with Crippen molar-refractivity contribution in [2.45, 2.75) is 32.2 Å². The smallest absolute Gasteiger partial charge is 0.317 e. The number of carbonyl (C=O) groups excluding carboxylic acids is 1. The maximum atomic E-state index is 11.9. The summed E-state index contributed by atoms with van der Waals surface area (Å²) in [5, 5.41) is 11.5. The summed E-state index contributed by atoms with van der Waals surface area (Å²) in [4.78, 5) is 26.7. The van der Waals surface area contributed by atoms with Crippen LogP contribution < -0.4 is 5.32 Å². The predicted molar refractivity (Wildman–Crippen MR) is 71.0 cm³/mol. The van der Waals surface area contributed by atoms with E-state index in [2.05, 4.69) is 10.2 Å². The van der Waals surface area contributed by atoms with Gasteiger partial charge in [-0.3, -0.25) is 9.69 Å². The van der Waals surface area contributed by atoms with Crippen LogP contribution in [-0.2, 0) is 4.79 Å². The van der Waals surface area contributed by atoms with Crippen LogP contribution in [0.2, 0.25) is 0 Å². The molecule has 6 nitrogen and oxygen atoms in total. The third kappa shape index (κ3) is 4.38. The van der Waals surface area contributed by atoms with Crippen LogP contribution in [0.25, 0.3) is 0 Å². The molecule has 0 aromatic rings. The van der Waals surface area contributed by atoms with Gasteiger partial charge in [0, 0.05) is 45.2 Å². The molecule has 1 saturated heterocycles. The molecule has 2 fully saturated rings. The van der Waals surface area contributed by atoms with E-state index in [0.29, 0.717) is 6.54 Å². The van der Waals surface area contributed by atoms with Gasteiger partial charge in [0.15, 0.2) is 0 Å². The third-order valence-corrected chi connectivity index (χ3v) is 3.79. The molecule has 1 heterocycles. The molecular formula is C13H23N3O3. The number of carboxylic acids is 1. The first-order chi connectivity index (χ1) is 9.06. The molecule has 0 aromatic heterocycles. The Bertz CT molecular complexity index is 336. The maximum Gasteiger partial charge on any atom is 0.317 e. The highest BCUT2D eigenvalue weighted by Crippen LogP contribution is 2.27. The average molecular weight is 269 g/mol. The average Bonchev–Trinajstić information content (AvgIpc) is 3.19. The number of aliphatic carboxylic acids is 1. The minimum absolute atomic E-state index is 0.0331. The molecule has 1 aliphatic heterocycles. The number of nitrogens with zero attached hydrogens (tertiary/aromatic N) is 2. The number of nitrogens with one attached hydrogen (secondary N) is 1. The molecule has 1 aliphatic carbocycles. The zero-order valence-corrected chi connectivity index (χ0v) is 11.5. The Kier molecular flexibility index (Phi) is 4.63. The molecule has 2 aliphatic rings. The molecule has 6 heteroatoms. The largest absolute Gasteiger partial charge is 0.481 e. The Morgan fingerprint density at radius 2 is 1.89 bits per heavy atom. The lowest BCUT2D eigenvalue weighted by Gasteiger charge is -2.34. The first-order valence-corrected chi connectivity index (χ1v) is 7.05. The van der Waals surface area contributed by atoms with Crippen LogP contribution >= 0.6 is 0 Å². The zero-order valence-electron chi connectivity index (χ0n) is 11.5. The molecule has 1 saturated carbocycles. The molecule has 0 radical (unpaired) electrons. The normalized spacial score (nSPS) is 22.1. The number of rotatable bonds is 5. The van der Waals surface area contributed by atoms with Gasteiger partial charge in [0.05, 0.1) is 0 Å². The number of carboxylic acid groups (broad SMARTS) is 1. The standard InChI is InChI=1S/C13H23N3O3/c1-10(8-12(17)18)9-14-13(19)16-6-4-15(5-7-16)11-2-3-11/h10-11H,2-9H2,1H3,(H,14,19)(H,17,18). The molecule has 2 rings (SSSR count). The van der Waals surface area contributed by atoms with Crippen LogP contribution in [-0.4, -0.2) is 65.7 Å². The molecule has 2 N–H and O–H groups in total. The summed E-state index contributed by atoms with van der Waals surface area (Å²) in [7, 11) is 0. The number of urea groups is 1. The molecule has 0 aromatic carbocycles. The highest BCUT2D eigenvalue weighted by Gasteiger charge is 2.32. The summed E-state index contributed by atoms with van der Waals surface area (Å²) in [6, 6.07) is 0.702. The summed E-state index contributed by atoms with van der Waals surface area (Å²) in [6.07, 6.45) is 2.70. The van der Waals surface area contributed by atoms with Crippen LogP contribution in [0.4, 0.5) is 4.79 Å². The molecule has 1 atom stereocenters. The Labute approximate surface area is 113 Å². The molecule has 0 spiro atoms. The summed E-state index contributed by atoms with van der Waals surface area (Å²) in [5.41, 5.74) is 0. The van der Waals surface area contributed by atoms with Crippen molar-refractivity contribution < 1.29 is 14.7 Å². The fourth-order valence-corrected chi connectivity index (χ4v) is 2.47. The number of piperazine rings is 1. The van der Waals surface area contributed by atoms with E-state index in [4.69, 9.17) is 5.11 Å². The van der Waals surface area contributed by atoms with Crippen LogP contribution in [0.3, 0.4) is 0 Å². The van der Waals surface area contributed by atoms with Crippen molar-refractivity contribution in [1.82, 2.24) is 15.1 Å². The lowest BCUT2D eigenvalue weighted by molar-refractivity contribution is -0.137. The van der Waals surface area contributed by atoms with Gasteiger partial charge >= 0.3 is 12.0 Å². The van der Waals surface area contributed by atoms with Crippen molar-refractivity contribution in [3.8, 4) is 0 Å². The number of hydrogen-bond donors (Lipinski definition) is 2. The summed E-state index contributed by atoms with van der Waals surface area (Å²) < 4.78 is 0. The lowest BCUT2D eigenvalue weighted by atomic mass is 10.1. The number of carbonyl (C=O) groups is 2. The van der Waals surface area contributed by atoms with Crippen molar-refractivity contribution in [3.63, 3.8) is 0 Å². The zero-order chi connectivity index (χ0) is 13.8. The van der Waals surface area contributed by atoms with Crippen molar-refractivity contribution >= 4 is 12.0 Å². The first-order valence-electron chi connectivity index (χ1n) is 7.05. The van der Waals surface area contributed by atoms with E-state index in [9.17, 15) is 9.59 Å². The van der Waals surface area contributed by atoms with Crippen molar-refractivity contribution in [3.05, 3.63) is 0 Å². The summed E-state index contributed by atoms with van der Waals surface area (Å²) in [6.45, 7) is 5.73. The summed E-state index contributed by atoms with van der Waals surface area (Å²) in [5.74, 6) is -0.853. The van der Waals surface area contributed by atoms with E-state index in [1.165, 1.54) is 12.8 Å². The second-order valence-corrected chi connectivity index (χ2v) is 5.64. The first kappa shape index (κ1) is 14.1. The molecule has 2 amide bonds. The minimum Gasteiger partial charge on any atom is -0.481 e. The SMILES string of the molecule is CC(CNC(=O)N1CCN(C2CC2)CC1)CC(=O)O. The number of hydrogen-bond acceptors (Lipinski definition) is 3. The fraction of sp³-hybridized carbons (Fsp3) is 0.846. The van der Waals surface area contributed by atoms with E-state index in [1.54, 1.807) is 0 Å². The van der Waals surface area contributed by atoms with E-state index >= 15 is 0 Å². The van der Waals surface area contributed by atoms with Gasteiger partial charge in [0.1, 0.15) is 0 Å². The van der Waals surface area contributed by atoms with Crippen LogP contribution in [0.5, 0.6) is 0 Å². The maximum absolute atomic E-state index is 11.9. The Balaban J connectivity index is 1.64. The highest BCUT2D eigenvalue weighted by atomic mass is 16.4. The quantitative estimate of drug-likeness (QED) is 0.766. The predicted octanol–water partition coefficient (Wildman–Crippen LogP) is 0.587. The summed E-state index contributed by atoms with van der Waals surface area (Å²) >= 11 is 0. The third-order valence-electron chi connectivity index (χ3n) is 3.79.